The van der Waals surface area contributed by atoms with Gasteiger partial charge in [0.1, 0.15) is 5.82 Å². The van der Waals surface area contributed by atoms with Gasteiger partial charge in [-0.2, -0.15) is 0 Å². The molecule has 3 aromatic rings. The summed E-state index contributed by atoms with van der Waals surface area (Å²) in [7, 11) is 0. The first-order valence-electron chi connectivity index (χ1n) is 5.60. The van der Waals surface area contributed by atoms with Gasteiger partial charge in [-0.3, -0.25) is 0 Å². The van der Waals surface area contributed by atoms with Crippen molar-refractivity contribution in [1.82, 2.24) is 19.9 Å². The number of nitrogens with one attached hydrogen (secondary N) is 2. The van der Waals surface area contributed by atoms with Gasteiger partial charge in [0.2, 0.25) is 0 Å². The zero-order chi connectivity index (χ0) is 12.5. The van der Waals surface area contributed by atoms with E-state index in [9.17, 15) is 0 Å². The zero-order valence-electron chi connectivity index (χ0n) is 9.52. The maximum atomic E-state index is 6.13. The van der Waals surface area contributed by atoms with Gasteiger partial charge in [-0.25, -0.2) is 9.97 Å². The highest BCUT2D eigenvalue weighted by Crippen LogP contribution is 2.20. The second-order valence-corrected chi connectivity index (χ2v) is 5.09. The molecule has 2 heterocycles. The first-order chi connectivity index (χ1) is 8.72. The molecule has 0 radical (unpaired) electrons. The number of nitrogens with two attached hydrogens (primary N) is 1. The van der Waals surface area contributed by atoms with Crippen molar-refractivity contribution in [2.75, 3.05) is 0 Å². The summed E-state index contributed by atoms with van der Waals surface area (Å²) in [6.07, 6.45) is 4.11. The normalized spacial score (nSPS) is 13.0. The van der Waals surface area contributed by atoms with E-state index < -0.39 is 0 Å². The Labute approximate surface area is 112 Å². The Morgan fingerprint density at radius 2 is 2.28 bits per heavy atom. The van der Waals surface area contributed by atoms with E-state index in [4.69, 9.17) is 5.73 Å². The molecular formula is C12H12BrN5. The molecule has 1 atom stereocenters. The zero-order valence-corrected chi connectivity index (χ0v) is 11.1. The quantitative estimate of drug-likeness (QED) is 0.694. The topological polar surface area (TPSA) is 83.4 Å². The van der Waals surface area contributed by atoms with Gasteiger partial charge in [-0.1, -0.05) is 15.9 Å². The molecule has 0 aliphatic carbocycles. The highest BCUT2D eigenvalue weighted by molar-refractivity contribution is 9.10. The number of H-pyrrole nitrogens is 2. The van der Waals surface area contributed by atoms with Crippen LogP contribution in [0.25, 0.3) is 11.0 Å². The predicted octanol–water partition coefficient (Wildman–Crippen LogP) is 2.29. The van der Waals surface area contributed by atoms with Crippen LogP contribution in [0.2, 0.25) is 0 Å². The van der Waals surface area contributed by atoms with E-state index in [1.165, 1.54) is 0 Å². The molecule has 0 unspecified atom stereocenters. The van der Waals surface area contributed by atoms with Crippen molar-refractivity contribution in [2.24, 2.45) is 5.73 Å². The average Bonchev–Trinajstić information content (AvgIpc) is 2.96. The van der Waals surface area contributed by atoms with Crippen LogP contribution in [0.3, 0.4) is 0 Å². The Morgan fingerprint density at radius 3 is 3.06 bits per heavy atom. The molecule has 92 valence electrons. The molecule has 5 nitrogen and oxygen atoms in total. The third-order valence-electron chi connectivity index (χ3n) is 2.81. The van der Waals surface area contributed by atoms with Gasteiger partial charge in [0.05, 0.1) is 23.4 Å². The van der Waals surface area contributed by atoms with Crippen molar-refractivity contribution >= 4 is 27.0 Å². The van der Waals surface area contributed by atoms with E-state index in [0.29, 0.717) is 6.42 Å². The van der Waals surface area contributed by atoms with Gasteiger partial charge in [0.25, 0.3) is 0 Å². The first-order valence-corrected chi connectivity index (χ1v) is 6.39. The van der Waals surface area contributed by atoms with Gasteiger partial charge in [-0.15, -0.1) is 0 Å². The Balaban J connectivity index is 1.89. The Kier molecular flexibility index (Phi) is 2.89. The molecule has 0 bridgehead atoms. The van der Waals surface area contributed by atoms with Crippen LogP contribution in [0, 0.1) is 0 Å². The number of aromatic nitrogens is 4. The Hall–Kier alpha value is -1.66. The lowest BCUT2D eigenvalue weighted by molar-refractivity contribution is 0.671. The van der Waals surface area contributed by atoms with E-state index in [2.05, 4.69) is 35.9 Å². The molecule has 3 rings (SSSR count). The second kappa shape index (κ2) is 4.55. The van der Waals surface area contributed by atoms with Crippen LogP contribution in [0.4, 0.5) is 0 Å². The minimum Gasteiger partial charge on any atom is -0.348 e. The highest BCUT2D eigenvalue weighted by atomic mass is 79.9. The standard InChI is InChI=1S/C12H12BrN5/c13-7-1-2-10-11(3-7)18-12(17-10)9(14)4-8-5-15-6-16-8/h1-3,5-6,9H,4,14H2,(H,15,16)(H,17,18)/t9-/m1/s1. The van der Waals surface area contributed by atoms with Crippen molar-refractivity contribution in [2.45, 2.75) is 12.5 Å². The Bertz CT molecular complexity index is 658. The van der Waals surface area contributed by atoms with E-state index in [1.807, 2.05) is 18.2 Å². The maximum absolute atomic E-state index is 6.13. The number of benzene rings is 1. The van der Waals surface area contributed by atoms with E-state index in [-0.39, 0.29) is 6.04 Å². The molecule has 0 spiro atoms. The summed E-state index contributed by atoms with van der Waals surface area (Å²) < 4.78 is 1.02. The van der Waals surface area contributed by atoms with Gasteiger partial charge < -0.3 is 15.7 Å². The molecule has 18 heavy (non-hydrogen) atoms. The molecule has 0 amide bonds. The molecule has 0 fully saturated rings. The fourth-order valence-electron chi connectivity index (χ4n) is 1.91. The van der Waals surface area contributed by atoms with Crippen LogP contribution >= 0.6 is 15.9 Å². The van der Waals surface area contributed by atoms with Gasteiger partial charge in [-0.05, 0) is 18.2 Å². The summed E-state index contributed by atoms with van der Waals surface area (Å²) in [5, 5.41) is 0. The summed E-state index contributed by atoms with van der Waals surface area (Å²) in [5.74, 6) is 0.790. The minimum absolute atomic E-state index is 0.170. The fourth-order valence-corrected chi connectivity index (χ4v) is 2.27. The number of aromatic amines is 2. The third kappa shape index (κ3) is 2.16. The number of rotatable bonds is 3. The monoisotopic (exact) mass is 305 g/mol. The smallest absolute Gasteiger partial charge is 0.124 e. The highest BCUT2D eigenvalue weighted by Gasteiger charge is 2.12. The average molecular weight is 306 g/mol. The molecule has 0 saturated heterocycles. The molecule has 4 N–H and O–H groups in total. The summed E-state index contributed by atoms with van der Waals surface area (Å²) in [6.45, 7) is 0. The lowest BCUT2D eigenvalue weighted by Gasteiger charge is -2.06. The lowest BCUT2D eigenvalue weighted by atomic mass is 10.2. The number of fused-ring (bicyclic) bond motifs is 1. The van der Waals surface area contributed by atoms with Crippen LogP contribution in [-0.2, 0) is 6.42 Å². The van der Waals surface area contributed by atoms with E-state index in [0.717, 1.165) is 27.0 Å². The number of hydrogen-bond donors (Lipinski definition) is 3. The van der Waals surface area contributed by atoms with Crippen molar-refractivity contribution in [1.29, 1.82) is 0 Å². The molecule has 2 aromatic heterocycles. The number of halogens is 1. The largest absolute Gasteiger partial charge is 0.348 e. The molecule has 1 aromatic carbocycles. The Morgan fingerprint density at radius 1 is 1.39 bits per heavy atom. The molecule has 0 saturated carbocycles. The van der Waals surface area contributed by atoms with Crippen LogP contribution in [0.15, 0.2) is 35.2 Å². The summed E-state index contributed by atoms with van der Waals surface area (Å²) >= 11 is 3.43. The SMILES string of the molecule is N[C@H](Cc1cnc[nH]1)c1nc2ccc(Br)cc2[nH]1. The molecular weight excluding hydrogens is 294 g/mol. The first kappa shape index (κ1) is 11.4. The van der Waals surface area contributed by atoms with E-state index in [1.54, 1.807) is 12.5 Å². The fraction of sp³-hybridized carbons (Fsp3) is 0.167. The van der Waals surface area contributed by atoms with Crippen LogP contribution in [-0.4, -0.2) is 19.9 Å². The number of nitrogens with zero attached hydrogens (tertiary/aromatic N) is 2. The lowest BCUT2D eigenvalue weighted by Crippen LogP contribution is -2.15. The minimum atomic E-state index is -0.170. The number of hydrogen-bond acceptors (Lipinski definition) is 3. The molecule has 0 aliphatic rings. The van der Waals surface area contributed by atoms with Gasteiger partial charge >= 0.3 is 0 Å². The van der Waals surface area contributed by atoms with Crippen molar-refractivity contribution < 1.29 is 0 Å². The summed E-state index contributed by atoms with van der Waals surface area (Å²) in [6, 6.07) is 5.75. The number of imidazole rings is 2. The van der Waals surface area contributed by atoms with Crippen LogP contribution < -0.4 is 5.73 Å². The van der Waals surface area contributed by atoms with Crippen molar-refractivity contribution in [3.8, 4) is 0 Å². The van der Waals surface area contributed by atoms with Gasteiger partial charge in [0, 0.05) is 22.8 Å². The molecule has 0 aliphatic heterocycles. The molecule has 6 heteroatoms. The summed E-state index contributed by atoms with van der Waals surface area (Å²) in [4.78, 5) is 14.8. The summed E-state index contributed by atoms with van der Waals surface area (Å²) in [5.41, 5.74) is 9.05. The second-order valence-electron chi connectivity index (χ2n) is 4.17. The van der Waals surface area contributed by atoms with Gasteiger partial charge in [0.15, 0.2) is 0 Å². The van der Waals surface area contributed by atoms with E-state index >= 15 is 0 Å². The predicted molar refractivity (Wildman–Crippen MR) is 73.0 cm³/mol. The van der Waals surface area contributed by atoms with Crippen LogP contribution in [0.5, 0.6) is 0 Å². The van der Waals surface area contributed by atoms with Crippen molar-refractivity contribution in [3.05, 3.63) is 46.7 Å². The van der Waals surface area contributed by atoms with Crippen LogP contribution in [0.1, 0.15) is 17.6 Å². The van der Waals surface area contributed by atoms with Crippen molar-refractivity contribution in [3.63, 3.8) is 0 Å². The third-order valence-corrected chi connectivity index (χ3v) is 3.30. The maximum Gasteiger partial charge on any atom is 0.124 e.